The van der Waals surface area contributed by atoms with E-state index in [0.29, 0.717) is 0 Å². The summed E-state index contributed by atoms with van der Waals surface area (Å²) in [7, 11) is -1.16. The van der Waals surface area contributed by atoms with E-state index in [-0.39, 0.29) is 12.8 Å². The summed E-state index contributed by atoms with van der Waals surface area (Å²) in [6.45, 7) is 0. The maximum Gasteiger partial charge on any atom is 0.357 e. The van der Waals surface area contributed by atoms with Crippen molar-refractivity contribution in [2.45, 2.75) is 18.7 Å². The fourth-order valence-corrected chi connectivity index (χ4v) is 1.25. The van der Waals surface area contributed by atoms with Gasteiger partial charge in [-0.05, 0) is 6.42 Å². The van der Waals surface area contributed by atoms with Crippen LogP contribution < -0.4 is 0 Å². The second-order valence-corrected chi connectivity index (χ2v) is 3.27. The quantitative estimate of drug-likeness (QED) is 0.526. The van der Waals surface area contributed by atoms with Gasteiger partial charge in [0.1, 0.15) is 5.92 Å². The van der Waals surface area contributed by atoms with E-state index in [9.17, 15) is 14.2 Å². The average molecular weight is 209 g/mol. The molecule has 0 rings (SSSR count). The van der Waals surface area contributed by atoms with Crippen LogP contribution in [-0.4, -0.2) is 33.1 Å². The summed E-state index contributed by atoms with van der Waals surface area (Å²) >= 11 is 0. The first-order chi connectivity index (χ1) is 5.99. The highest BCUT2D eigenvalue weighted by Gasteiger charge is 2.32. The minimum absolute atomic E-state index is 0.221. The molecule has 0 aromatic rings. The van der Waals surface area contributed by atoms with Crippen LogP contribution in [0.4, 0.5) is 0 Å². The normalized spacial score (nSPS) is 15.2. The number of carboxylic acids is 2. The van der Waals surface area contributed by atoms with Crippen molar-refractivity contribution in [2.75, 3.05) is 0 Å². The van der Waals surface area contributed by atoms with E-state index in [0.717, 1.165) is 0 Å². The third kappa shape index (κ3) is 4.55. The van der Waals surface area contributed by atoms with Gasteiger partial charge in [0.05, 0.1) is 0 Å². The lowest BCUT2D eigenvalue weighted by atomic mass is 10.0. The smallest absolute Gasteiger partial charge is 0.357 e. The topological polar surface area (TPSA) is 112 Å². The van der Waals surface area contributed by atoms with Crippen LogP contribution in [0.5, 0.6) is 0 Å². The second-order valence-electron chi connectivity index (χ2n) is 2.44. The van der Waals surface area contributed by atoms with Crippen molar-refractivity contribution in [2.24, 2.45) is 5.92 Å². The van der Waals surface area contributed by atoms with E-state index in [2.05, 4.69) is 0 Å². The molecule has 13 heavy (non-hydrogen) atoms. The lowest BCUT2D eigenvalue weighted by molar-refractivity contribution is -0.145. The molecule has 7 heteroatoms. The van der Waals surface area contributed by atoms with Crippen molar-refractivity contribution in [3.8, 4) is 0 Å². The zero-order valence-electron chi connectivity index (χ0n) is 6.64. The summed E-state index contributed by atoms with van der Waals surface area (Å²) in [6, 6.07) is 0. The molecule has 0 aliphatic carbocycles. The van der Waals surface area contributed by atoms with Crippen molar-refractivity contribution in [3.63, 3.8) is 0 Å². The Morgan fingerprint density at radius 2 is 1.85 bits per heavy atom. The summed E-state index contributed by atoms with van der Waals surface area (Å²) in [5, 5.41) is 25.7. The van der Waals surface area contributed by atoms with Crippen LogP contribution >= 0.6 is 8.46 Å². The molecule has 0 aliphatic heterocycles. The molecule has 0 bridgehead atoms. The maximum absolute atomic E-state index is 10.4. The molecule has 6 nitrogen and oxygen atoms in total. The zero-order valence-corrected chi connectivity index (χ0v) is 7.64. The first-order valence-electron chi connectivity index (χ1n) is 3.49. The first kappa shape index (κ1) is 12.0. The standard InChI is InChI=1S/C6H9O6P/c7-4(8)2-1-3(5(9)10)6(11)13-12/h3,6,11H,1-2H2,(H,7,8)(H,9,10)/p+1. The van der Waals surface area contributed by atoms with Gasteiger partial charge >= 0.3 is 20.4 Å². The van der Waals surface area contributed by atoms with Crippen LogP contribution in [0.1, 0.15) is 12.8 Å². The molecule has 3 N–H and O–H groups in total. The highest BCUT2D eigenvalue weighted by atomic mass is 31.1. The number of carbonyl (C=O) groups is 2. The molecule has 0 radical (unpaired) electrons. The lowest BCUT2D eigenvalue weighted by Crippen LogP contribution is -2.24. The van der Waals surface area contributed by atoms with Gasteiger partial charge in [-0.3, -0.25) is 9.59 Å². The van der Waals surface area contributed by atoms with E-state index in [1.54, 1.807) is 0 Å². The van der Waals surface area contributed by atoms with Crippen LogP contribution in [0.2, 0.25) is 0 Å². The van der Waals surface area contributed by atoms with Crippen molar-refractivity contribution in [1.82, 2.24) is 0 Å². The van der Waals surface area contributed by atoms with E-state index >= 15 is 0 Å². The van der Waals surface area contributed by atoms with Gasteiger partial charge in [0, 0.05) is 6.42 Å². The molecule has 3 atom stereocenters. The molecule has 0 saturated heterocycles. The molecule has 0 fully saturated rings. The van der Waals surface area contributed by atoms with Gasteiger partial charge in [0.15, 0.2) is 0 Å². The van der Waals surface area contributed by atoms with Crippen molar-refractivity contribution in [3.05, 3.63) is 0 Å². The van der Waals surface area contributed by atoms with Crippen molar-refractivity contribution >= 4 is 20.4 Å². The Balaban J connectivity index is 4.18. The summed E-state index contributed by atoms with van der Waals surface area (Å²) < 4.78 is 10.2. The molecule has 0 aromatic heterocycles. The van der Waals surface area contributed by atoms with Gasteiger partial charge in [-0.25, -0.2) is 0 Å². The maximum atomic E-state index is 10.4. The molecule has 0 saturated carbocycles. The third-order valence-electron chi connectivity index (χ3n) is 1.49. The molecule has 0 heterocycles. The summed E-state index contributed by atoms with van der Waals surface area (Å²) in [6.07, 6.45) is -0.584. The van der Waals surface area contributed by atoms with Crippen LogP contribution in [0.15, 0.2) is 0 Å². The number of hydrogen-bond acceptors (Lipinski definition) is 4. The van der Waals surface area contributed by atoms with Crippen LogP contribution in [0.25, 0.3) is 0 Å². The van der Waals surface area contributed by atoms with E-state index < -0.39 is 32.2 Å². The van der Waals surface area contributed by atoms with Crippen LogP contribution in [-0.2, 0) is 14.2 Å². The van der Waals surface area contributed by atoms with Gasteiger partial charge in [0.25, 0.3) is 5.85 Å². The minimum Gasteiger partial charge on any atom is -0.481 e. The Hall–Kier alpha value is -1.00. The molecule has 3 unspecified atom stereocenters. The number of aliphatic carboxylic acids is 2. The predicted molar refractivity (Wildman–Crippen MR) is 43.0 cm³/mol. The molecular weight excluding hydrogens is 199 g/mol. The number of hydrogen-bond donors (Lipinski definition) is 3. The zero-order chi connectivity index (χ0) is 10.4. The molecule has 74 valence electrons. The monoisotopic (exact) mass is 209 g/mol. The van der Waals surface area contributed by atoms with Gasteiger partial charge < -0.3 is 15.3 Å². The molecule has 0 spiro atoms. The summed E-state index contributed by atoms with van der Waals surface area (Å²) in [5.74, 6) is -5.24. The number of carboxylic acid groups (broad SMARTS) is 2. The lowest BCUT2D eigenvalue weighted by Gasteiger charge is -2.07. The number of rotatable bonds is 6. The number of aliphatic hydroxyl groups excluding tert-OH is 1. The van der Waals surface area contributed by atoms with Gasteiger partial charge in [-0.2, -0.15) is 0 Å². The SMILES string of the molecule is O=[PH+]C(O)C(CCC(=O)O)C(=O)O. The average Bonchev–Trinajstić information content (AvgIpc) is 2.03. The molecule has 0 amide bonds. The van der Waals surface area contributed by atoms with E-state index in [1.807, 2.05) is 0 Å². The van der Waals surface area contributed by atoms with Gasteiger partial charge in [-0.15, -0.1) is 0 Å². The highest BCUT2D eigenvalue weighted by Crippen LogP contribution is 2.19. The Labute approximate surface area is 75.4 Å². The predicted octanol–water partition coefficient (Wildman–Crippen LogP) is -0.106. The van der Waals surface area contributed by atoms with Crippen molar-refractivity contribution in [1.29, 1.82) is 0 Å². The Morgan fingerprint density at radius 1 is 1.31 bits per heavy atom. The van der Waals surface area contributed by atoms with Crippen molar-refractivity contribution < 1.29 is 29.5 Å². The van der Waals surface area contributed by atoms with Gasteiger partial charge in [-0.1, -0.05) is 4.57 Å². The highest BCUT2D eigenvalue weighted by molar-refractivity contribution is 7.24. The van der Waals surface area contributed by atoms with Gasteiger partial charge in [0.2, 0.25) is 0 Å². The third-order valence-corrected chi connectivity index (χ3v) is 2.13. The Kier molecular flexibility index (Phi) is 5.18. The van der Waals surface area contributed by atoms with E-state index in [1.165, 1.54) is 0 Å². The minimum atomic E-state index is -1.49. The summed E-state index contributed by atoms with van der Waals surface area (Å²) in [5.41, 5.74) is 0. The molecular formula is C6H10O6P+. The second kappa shape index (κ2) is 5.61. The Bertz CT molecular complexity index is 215. The summed E-state index contributed by atoms with van der Waals surface area (Å²) in [4.78, 5) is 20.5. The molecule has 0 aliphatic rings. The first-order valence-corrected chi connectivity index (χ1v) is 4.48. The largest absolute Gasteiger partial charge is 0.481 e. The molecule has 0 aromatic carbocycles. The van der Waals surface area contributed by atoms with E-state index in [4.69, 9.17) is 15.3 Å². The van der Waals surface area contributed by atoms with Crippen LogP contribution in [0, 0.1) is 5.92 Å². The van der Waals surface area contributed by atoms with Crippen LogP contribution in [0.3, 0.4) is 0 Å². The fraction of sp³-hybridized carbons (Fsp3) is 0.667. The Morgan fingerprint density at radius 3 is 2.15 bits per heavy atom. The number of aliphatic hydroxyl groups is 1. The fourth-order valence-electron chi connectivity index (χ4n) is 0.778.